The fourth-order valence-electron chi connectivity index (χ4n) is 8.60. The molecule has 3 N–H and O–H groups in total. The van der Waals surface area contributed by atoms with Gasteiger partial charge < -0.3 is 29.4 Å². The third-order valence-electron chi connectivity index (χ3n) is 10.8. The van der Waals surface area contributed by atoms with Crippen LogP contribution in [0.3, 0.4) is 0 Å². The lowest BCUT2D eigenvalue weighted by atomic mass is 9.41. The molecule has 2 heterocycles. The Labute approximate surface area is 222 Å². The summed E-state index contributed by atoms with van der Waals surface area (Å²) in [4.78, 5) is 29.2. The number of H-pyrrole nitrogens is 1. The minimum Gasteiger partial charge on any atom is -0.498 e. The number of methoxy groups -OCH3 is 1. The van der Waals surface area contributed by atoms with Gasteiger partial charge in [-0.2, -0.15) is 0 Å². The van der Waals surface area contributed by atoms with E-state index in [0.717, 1.165) is 17.6 Å². The summed E-state index contributed by atoms with van der Waals surface area (Å²) in [5.74, 6) is -3.18. The number of carbonyl (C=O) groups is 2. The number of aliphatic hydroxyl groups is 2. The van der Waals surface area contributed by atoms with Gasteiger partial charge in [-0.3, -0.25) is 9.59 Å². The average Bonchev–Trinajstić information content (AvgIpc) is 3.45. The predicted molar refractivity (Wildman–Crippen MR) is 139 cm³/mol. The van der Waals surface area contributed by atoms with E-state index in [0.29, 0.717) is 25.0 Å². The Morgan fingerprint density at radius 1 is 1.21 bits per heavy atom. The largest absolute Gasteiger partial charge is 0.498 e. The summed E-state index contributed by atoms with van der Waals surface area (Å²) in [5.41, 5.74) is -2.71. The van der Waals surface area contributed by atoms with E-state index in [4.69, 9.17) is 14.2 Å². The smallest absolute Gasteiger partial charge is 0.303 e. The minimum absolute atomic E-state index is 0.279. The van der Waals surface area contributed by atoms with Gasteiger partial charge in [-0.05, 0) is 63.2 Å². The summed E-state index contributed by atoms with van der Waals surface area (Å²) in [5, 5.41) is 25.9. The molecule has 0 unspecified atom stereocenters. The molecule has 0 bridgehead atoms. The average molecular weight is 524 g/mol. The maximum absolute atomic E-state index is 13.6. The molecule has 2 aromatic rings. The van der Waals surface area contributed by atoms with Crippen molar-refractivity contribution in [2.24, 2.45) is 11.3 Å². The molecular weight excluding hydrogens is 486 g/mol. The number of ether oxygens (including phenoxy) is 3. The zero-order valence-corrected chi connectivity index (χ0v) is 22.9. The van der Waals surface area contributed by atoms with Crippen molar-refractivity contribution in [1.82, 2.24) is 4.98 Å². The summed E-state index contributed by atoms with van der Waals surface area (Å²) in [6.07, 6.45) is 4.07. The molecule has 38 heavy (non-hydrogen) atoms. The van der Waals surface area contributed by atoms with Gasteiger partial charge in [0.1, 0.15) is 11.4 Å². The quantitative estimate of drug-likeness (QED) is 0.524. The molecule has 3 aliphatic carbocycles. The van der Waals surface area contributed by atoms with Crippen LogP contribution < -0.4 is 0 Å². The highest BCUT2D eigenvalue weighted by Crippen LogP contribution is 2.71. The molecule has 6 rings (SSSR count). The highest BCUT2D eigenvalue weighted by molar-refractivity contribution is 5.91. The van der Waals surface area contributed by atoms with Crippen molar-refractivity contribution in [1.29, 1.82) is 0 Å². The number of aromatic amines is 1. The zero-order valence-electron chi connectivity index (χ0n) is 22.9. The first-order valence-electron chi connectivity index (χ1n) is 13.4. The van der Waals surface area contributed by atoms with Crippen LogP contribution >= 0.6 is 0 Å². The van der Waals surface area contributed by atoms with Crippen LogP contribution in [0.4, 0.5) is 0 Å². The molecule has 1 saturated carbocycles. The number of benzene rings is 1. The molecule has 4 aliphatic rings. The second kappa shape index (κ2) is 7.49. The molecule has 1 aromatic carbocycles. The molecule has 1 spiro atoms. The maximum atomic E-state index is 13.6. The van der Waals surface area contributed by atoms with E-state index in [-0.39, 0.29) is 12.3 Å². The molecule has 1 aliphatic heterocycles. The van der Waals surface area contributed by atoms with E-state index in [1.54, 1.807) is 0 Å². The number of rotatable bonds is 3. The molecule has 0 amide bonds. The van der Waals surface area contributed by atoms with Crippen molar-refractivity contribution < 1.29 is 34.0 Å². The van der Waals surface area contributed by atoms with E-state index in [2.05, 4.69) is 31.0 Å². The van der Waals surface area contributed by atoms with Crippen molar-refractivity contribution in [2.75, 3.05) is 7.11 Å². The number of fused-ring (bicyclic) bond motifs is 8. The van der Waals surface area contributed by atoms with Gasteiger partial charge >= 0.3 is 5.97 Å². The van der Waals surface area contributed by atoms with Crippen molar-refractivity contribution in [3.05, 3.63) is 47.4 Å². The van der Waals surface area contributed by atoms with Gasteiger partial charge in [-0.25, -0.2) is 0 Å². The van der Waals surface area contributed by atoms with Gasteiger partial charge in [0, 0.05) is 34.4 Å². The van der Waals surface area contributed by atoms with Crippen LogP contribution in [0.2, 0.25) is 0 Å². The summed E-state index contributed by atoms with van der Waals surface area (Å²) < 4.78 is 17.6. The zero-order chi connectivity index (χ0) is 27.5. The molecule has 1 saturated heterocycles. The Hall–Kier alpha value is -2.68. The van der Waals surface area contributed by atoms with Crippen LogP contribution in [0.15, 0.2) is 36.1 Å². The lowest BCUT2D eigenvalue weighted by molar-refractivity contribution is -0.339. The Morgan fingerprint density at radius 2 is 1.92 bits per heavy atom. The number of ketones is 1. The number of esters is 1. The maximum Gasteiger partial charge on any atom is 0.303 e. The first-order valence-corrected chi connectivity index (χ1v) is 13.4. The number of para-hydroxylation sites is 1. The van der Waals surface area contributed by atoms with Gasteiger partial charge in [-0.1, -0.05) is 32.0 Å². The standard InChI is InChI=1S/C30H37NO7/c1-17(32)37-25(2,3)30(35)22(33)16-28(38-30)23(36-6)12-13-26(4)27(5)18(11-14-29(26,28)34)15-20-19-9-7-8-10-21(19)31-24(20)27/h7-10,12,18,31,34-35H,11,13-16H2,1-6H3/t18-,26+,27+,28+,29-,30+/m0/s1. The van der Waals surface area contributed by atoms with Crippen LogP contribution in [-0.4, -0.2) is 56.6 Å². The molecule has 204 valence electrons. The van der Waals surface area contributed by atoms with Crippen LogP contribution in [0, 0.1) is 11.3 Å². The number of aromatic nitrogens is 1. The highest BCUT2D eigenvalue weighted by atomic mass is 16.7. The number of nitrogens with one attached hydrogen (secondary N) is 1. The second-order valence-electron chi connectivity index (χ2n) is 12.6. The van der Waals surface area contributed by atoms with Crippen molar-refractivity contribution in [2.45, 2.75) is 94.7 Å². The summed E-state index contributed by atoms with van der Waals surface area (Å²) in [7, 11) is 1.49. The highest BCUT2D eigenvalue weighted by Gasteiger charge is 2.80. The van der Waals surface area contributed by atoms with Gasteiger partial charge in [0.25, 0.3) is 5.79 Å². The molecular formula is C30H37NO7. The topological polar surface area (TPSA) is 118 Å². The number of hydrogen-bond donors (Lipinski definition) is 3. The summed E-state index contributed by atoms with van der Waals surface area (Å²) in [6.45, 7) is 8.40. The van der Waals surface area contributed by atoms with Crippen LogP contribution in [0.1, 0.15) is 71.6 Å². The van der Waals surface area contributed by atoms with Gasteiger partial charge in [-0.15, -0.1) is 0 Å². The summed E-state index contributed by atoms with van der Waals surface area (Å²) >= 11 is 0. The second-order valence-corrected chi connectivity index (χ2v) is 12.6. The normalized spacial score (nSPS) is 40.1. The van der Waals surface area contributed by atoms with Gasteiger partial charge in [0.05, 0.1) is 13.5 Å². The SMILES string of the molecule is COC1=CC[C@@]2(C)[C@@](O)(CC[C@H]3Cc4c([nH]c5ccccc45)[C@@]32C)[C@@]12CC(=O)[C@](O)(C(C)(C)OC(C)=O)O2. The molecule has 1 aromatic heterocycles. The number of hydrogen-bond acceptors (Lipinski definition) is 7. The third kappa shape index (κ3) is 2.66. The van der Waals surface area contributed by atoms with Crippen molar-refractivity contribution in [3.63, 3.8) is 0 Å². The monoisotopic (exact) mass is 523 g/mol. The van der Waals surface area contributed by atoms with Crippen LogP contribution in [-0.2, 0) is 35.6 Å². The fraction of sp³-hybridized carbons (Fsp3) is 0.600. The third-order valence-corrected chi connectivity index (χ3v) is 10.8. The molecule has 8 nitrogen and oxygen atoms in total. The lowest BCUT2D eigenvalue weighted by Crippen LogP contribution is -2.74. The van der Waals surface area contributed by atoms with Gasteiger partial charge in [0.2, 0.25) is 0 Å². The number of carbonyl (C=O) groups excluding carboxylic acids is 2. The fourth-order valence-corrected chi connectivity index (χ4v) is 8.60. The first kappa shape index (κ1) is 25.6. The molecule has 2 fully saturated rings. The van der Waals surface area contributed by atoms with E-state index >= 15 is 0 Å². The van der Waals surface area contributed by atoms with E-state index in [1.807, 2.05) is 18.2 Å². The summed E-state index contributed by atoms with van der Waals surface area (Å²) in [6, 6.07) is 8.27. The molecule has 0 radical (unpaired) electrons. The Bertz CT molecular complexity index is 1410. The predicted octanol–water partition coefficient (Wildman–Crippen LogP) is 3.82. The lowest BCUT2D eigenvalue weighted by Gasteiger charge is -2.66. The molecule has 8 heteroatoms. The van der Waals surface area contributed by atoms with Crippen LogP contribution in [0.25, 0.3) is 10.9 Å². The van der Waals surface area contributed by atoms with Crippen molar-refractivity contribution >= 4 is 22.7 Å². The number of Topliss-reactive ketones (excluding diaryl/α,β-unsaturated/α-hetero) is 1. The van der Waals surface area contributed by atoms with Crippen LogP contribution in [0.5, 0.6) is 0 Å². The van der Waals surface area contributed by atoms with E-state index < -0.39 is 45.2 Å². The minimum atomic E-state index is -2.47. The van der Waals surface area contributed by atoms with E-state index in [1.165, 1.54) is 38.8 Å². The number of allylic oxidation sites excluding steroid dienone is 1. The Kier molecular flexibility index (Phi) is 5.04. The molecule has 6 atom stereocenters. The Morgan fingerprint density at radius 3 is 2.61 bits per heavy atom. The van der Waals surface area contributed by atoms with Gasteiger partial charge in [0.15, 0.2) is 17.0 Å². The first-order chi connectivity index (χ1) is 17.7. The van der Waals surface area contributed by atoms with E-state index in [9.17, 15) is 19.8 Å². The van der Waals surface area contributed by atoms with Crippen molar-refractivity contribution in [3.8, 4) is 0 Å². The Balaban J connectivity index is 1.54.